The number of carboxylic acids is 2. The fraction of sp³-hybridized carbons (Fsp3) is 0.373. The molecule has 25 heteroatoms. The summed E-state index contributed by atoms with van der Waals surface area (Å²) in [6.45, 7) is -0.0850. The number of carbonyl (C=O) groups excluding carboxylic acids is 6. The Labute approximate surface area is 549 Å². The maximum absolute atomic E-state index is 13.4. The number of carboxylic acid groups (broad SMARTS) is 2. The molecule has 488 valence electrons. The summed E-state index contributed by atoms with van der Waals surface area (Å²) in [6, 6.07) is 22.8. The summed E-state index contributed by atoms with van der Waals surface area (Å²) in [4.78, 5) is 110. The number of nitrogens with one attached hydrogen (secondary N) is 4. The lowest BCUT2D eigenvalue weighted by molar-refractivity contribution is -0.140. The van der Waals surface area contributed by atoms with Crippen molar-refractivity contribution in [2.45, 2.75) is 121 Å². The van der Waals surface area contributed by atoms with Crippen LogP contribution in [-0.2, 0) is 38.4 Å². The van der Waals surface area contributed by atoms with Crippen LogP contribution in [0.1, 0.15) is 142 Å². The van der Waals surface area contributed by atoms with Gasteiger partial charge in [0.05, 0.1) is 44.3 Å². The second-order valence-corrected chi connectivity index (χ2v) is 24.3. The molecule has 17 nitrogen and oxygen atoms in total. The van der Waals surface area contributed by atoms with Crippen molar-refractivity contribution in [3.8, 4) is 11.1 Å². The predicted molar refractivity (Wildman–Crippen MR) is 348 cm³/mol. The van der Waals surface area contributed by atoms with Crippen molar-refractivity contribution < 1.29 is 66.1 Å². The van der Waals surface area contributed by atoms with Crippen LogP contribution in [0.4, 0.5) is 23.2 Å². The Kier molecular flexibility index (Phi) is 25.3. The van der Waals surface area contributed by atoms with Crippen LogP contribution in [0.25, 0.3) is 17.2 Å². The second-order valence-electron chi connectivity index (χ2n) is 22.6. The van der Waals surface area contributed by atoms with Crippen LogP contribution in [0, 0.1) is 0 Å². The molecule has 0 bridgehead atoms. The molecule has 0 aromatic heterocycles. The number of hydrogen-bond donors (Lipinski definition) is 6. The first-order chi connectivity index (χ1) is 43.3. The van der Waals surface area contributed by atoms with Crippen molar-refractivity contribution >= 4 is 117 Å². The maximum Gasteiger partial charge on any atom is 0.326 e. The van der Waals surface area contributed by atoms with Gasteiger partial charge in [-0.05, 0) is 133 Å². The normalized spacial score (nSPS) is 15.9. The minimum Gasteiger partial charge on any atom is -0.480 e. The lowest BCUT2D eigenvalue weighted by atomic mass is 9.98. The van der Waals surface area contributed by atoms with E-state index in [9.17, 15) is 66.1 Å². The average molecular weight is 1350 g/mol. The SMILES string of the molecule is C.O=C(CC[C@@H](NC(=O)c1c(Cl)cc(-c2ccc3c(c2)CC=C3)cc1Cl)C(=O)O)CNC(=O)c1cccc(CC2=NCC(F)(F)CC2)c1.O=C(CC[C@@H](NC(=O)c1c(Cl)cc(N2CCCCC2)cc1Cl)C(=O)O)CNC(=O)c1cccc(CC2=NCC(F)(F)CC2)c1. The Morgan fingerprint density at radius 1 is 0.565 bits per heavy atom. The summed E-state index contributed by atoms with van der Waals surface area (Å²) in [7, 11) is 0. The van der Waals surface area contributed by atoms with E-state index in [1.165, 1.54) is 0 Å². The van der Waals surface area contributed by atoms with Gasteiger partial charge in [0, 0.05) is 79.9 Å². The monoisotopic (exact) mass is 1350 g/mol. The molecule has 5 aromatic carbocycles. The number of aliphatic imine (C=N–C) groups is 2. The summed E-state index contributed by atoms with van der Waals surface area (Å²) in [5.74, 6) is -11.8. The topological polar surface area (TPSA) is 253 Å². The van der Waals surface area contributed by atoms with Crippen LogP contribution in [-0.4, -0.2) is 132 Å². The van der Waals surface area contributed by atoms with E-state index in [0.717, 1.165) is 72.3 Å². The Morgan fingerprint density at radius 3 is 1.46 bits per heavy atom. The molecule has 4 amide bonds. The van der Waals surface area contributed by atoms with Gasteiger partial charge in [-0.2, -0.15) is 0 Å². The summed E-state index contributed by atoms with van der Waals surface area (Å²) in [6.07, 6.45) is 7.76. The van der Waals surface area contributed by atoms with Crippen molar-refractivity contribution in [2.75, 3.05) is 44.2 Å². The molecule has 4 aliphatic rings. The van der Waals surface area contributed by atoms with Gasteiger partial charge in [0.2, 0.25) is 0 Å². The molecule has 92 heavy (non-hydrogen) atoms. The van der Waals surface area contributed by atoms with Crippen molar-refractivity contribution in [1.82, 2.24) is 21.3 Å². The molecular weight excluding hydrogens is 1280 g/mol. The van der Waals surface area contributed by atoms with Gasteiger partial charge >= 0.3 is 11.9 Å². The van der Waals surface area contributed by atoms with Crippen molar-refractivity contribution in [1.29, 1.82) is 0 Å². The van der Waals surface area contributed by atoms with E-state index in [1.807, 2.05) is 24.3 Å². The third-order valence-corrected chi connectivity index (χ3v) is 16.9. The van der Waals surface area contributed by atoms with Crippen LogP contribution in [0.3, 0.4) is 0 Å². The smallest absolute Gasteiger partial charge is 0.326 e. The first-order valence-electron chi connectivity index (χ1n) is 29.5. The third kappa shape index (κ3) is 20.3. The van der Waals surface area contributed by atoms with E-state index >= 15 is 0 Å². The molecule has 1 fully saturated rings. The van der Waals surface area contributed by atoms with Crippen LogP contribution < -0.4 is 26.2 Å². The Bertz CT molecular complexity index is 3680. The minimum absolute atomic E-state index is 0. The number of Topliss-reactive ketones (excluding diaryl/α,β-unsaturated/α-hetero) is 2. The van der Waals surface area contributed by atoms with Crippen LogP contribution in [0.5, 0.6) is 0 Å². The summed E-state index contributed by atoms with van der Waals surface area (Å²) < 4.78 is 53.4. The van der Waals surface area contributed by atoms with E-state index in [4.69, 9.17) is 46.4 Å². The number of halogens is 8. The van der Waals surface area contributed by atoms with Crippen molar-refractivity contribution in [2.24, 2.45) is 9.98 Å². The Balaban J connectivity index is 0.000000259. The highest BCUT2D eigenvalue weighted by molar-refractivity contribution is 6.41. The predicted octanol–water partition coefficient (Wildman–Crippen LogP) is 12.6. The summed E-state index contributed by atoms with van der Waals surface area (Å²) in [5, 5.41) is 29.5. The standard InChI is InChI=1S/C35H31Cl2F2N3O5.C31H34Cl2F2N4O5.CH4/c36-28-16-25(23-8-7-21-4-2-5-22(21)15-23)17-29(37)31(28)33(45)42-30(34(46)47)10-9-27(43)18-40-32(44)24-6-1-3-20(13-24)14-26-11-12-35(38,39)19-41-26;32-24-15-22(39-11-2-1-3-12-39)16-25(33)27(24)29(42)38-26(30(43)44)8-7-23(40)17-36-28(41)20-6-4-5-19(13-20)14-21-9-10-31(34,35)18-37-21;/h1-4,6-8,13,15-17,30H,5,9-12,14,18-19H2,(H,40,44)(H,42,45)(H,46,47);4-6,13,15-16,26H,1-3,7-12,14,17-18H2,(H,36,41)(H,38,42)(H,43,44);1H4/t30-;26-;/m11./s1. The number of alkyl halides is 4. The molecule has 0 saturated carbocycles. The number of rotatable bonds is 24. The molecule has 3 heterocycles. The highest BCUT2D eigenvalue weighted by atomic mass is 35.5. The fourth-order valence-electron chi connectivity index (χ4n) is 10.7. The fourth-order valence-corrected chi connectivity index (χ4v) is 12.0. The van der Waals surface area contributed by atoms with E-state index in [0.29, 0.717) is 29.8 Å². The van der Waals surface area contributed by atoms with E-state index in [2.05, 4.69) is 42.2 Å². The molecule has 6 N–H and O–H groups in total. The summed E-state index contributed by atoms with van der Waals surface area (Å²) in [5.41, 5.74) is 7.82. The molecule has 0 spiro atoms. The Morgan fingerprint density at radius 2 is 1.02 bits per heavy atom. The Hall–Kier alpha value is -7.98. The van der Waals surface area contributed by atoms with Crippen LogP contribution in [0.2, 0.25) is 20.1 Å². The van der Waals surface area contributed by atoms with E-state index in [1.54, 1.807) is 72.8 Å². The molecule has 9 rings (SSSR count). The zero-order valence-corrected chi connectivity index (χ0v) is 52.2. The van der Waals surface area contributed by atoms with Gasteiger partial charge in [-0.1, -0.05) is 108 Å². The van der Waals surface area contributed by atoms with Gasteiger partial charge < -0.3 is 36.4 Å². The van der Waals surface area contributed by atoms with Crippen LogP contribution in [0.15, 0.2) is 107 Å². The van der Waals surface area contributed by atoms with E-state index in [-0.39, 0.29) is 114 Å². The number of hydrogen-bond acceptors (Lipinski definition) is 11. The molecule has 1 saturated heterocycles. The number of carbonyl (C=O) groups is 8. The molecule has 0 unspecified atom stereocenters. The van der Waals surface area contributed by atoms with Crippen LogP contribution >= 0.6 is 46.4 Å². The molecule has 0 radical (unpaired) electrons. The van der Waals surface area contributed by atoms with Gasteiger partial charge in [-0.15, -0.1) is 0 Å². The zero-order valence-electron chi connectivity index (χ0n) is 49.1. The maximum atomic E-state index is 13.4. The molecule has 5 aromatic rings. The number of benzene rings is 5. The average Bonchev–Trinajstić information content (AvgIpc) is 1.14. The number of aliphatic carboxylic acids is 2. The van der Waals surface area contributed by atoms with Gasteiger partial charge in [0.1, 0.15) is 25.2 Å². The molecule has 1 aliphatic carbocycles. The number of ketones is 2. The molecular formula is C67H69Cl4F4N7O10. The number of anilines is 1. The van der Waals surface area contributed by atoms with Crippen molar-refractivity contribution in [3.63, 3.8) is 0 Å². The number of nitrogens with zero attached hydrogens (tertiary/aromatic N) is 3. The third-order valence-electron chi connectivity index (χ3n) is 15.7. The van der Waals surface area contributed by atoms with Crippen molar-refractivity contribution in [3.05, 3.63) is 162 Å². The highest BCUT2D eigenvalue weighted by Crippen LogP contribution is 2.36. The highest BCUT2D eigenvalue weighted by Gasteiger charge is 2.34. The summed E-state index contributed by atoms with van der Waals surface area (Å²) >= 11 is 25.7. The molecule has 3 aliphatic heterocycles. The van der Waals surface area contributed by atoms with Gasteiger partial charge in [-0.3, -0.25) is 38.8 Å². The first kappa shape index (κ1) is 71.5. The van der Waals surface area contributed by atoms with Gasteiger partial charge in [0.25, 0.3) is 35.5 Å². The second kappa shape index (κ2) is 32.5. The lowest BCUT2D eigenvalue weighted by Crippen LogP contribution is -2.41. The number of allylic oxidation sites excluding steroid dienone is 1. The largest absolute Gasteiger partial charge is 0.480 e. The zero-order chi connectivity index (χ0) is 65.6. The quantitative estimate of drug-likeness (QED) is 0.0317. The first-order valence-corrected chi connectivity index (χ1v) is 31.0. The lowest BCUT2D eigenvalue weighted by Gasteiger charge is -2.29. The van der Waals surface area contributed by atoms with E-state index < -0.39 is 84.2 Å². The minimum atomic E-state index is -2.79. The number of piperidine rings is 1. The number of fused-ring (bicyclic) bond motifs is 1. The number of amides is 4. The van der Waals surface area contributed by atoms with Gasteiger partial charge in [-0.25, -0.2) is 27.2 Å². The van der Waals surface area contributed by atoms with Gasteiger partial charge in [0.15, 0.2) is 11.6 Å². The molecule has 2 atom stereocenters.